The molecule has 2 rings (SSSR count). The van der Waals surface area contributed by atoms with Gasteiger partial charge in [-0.15, -0.1) is 0 Å². The van der Waals surface area contributed by atoms with Crippen LogP contribution in [0.4, 0.5) is 4.39 Å². The number of rotatable bonds is 2. The van der Waals surface area contributed by atoms with Crippen molar-refractivity contribution in [2.75, 3.05) is 6.54 Å². The van der Waals surface area contributed by atoms with Gasteiger partial charge < -0.3 is 5.32 Å². The summed E-state index contributed by atoms with van der Waals surface area (Å²) in [5.74, 6) is -0.0706. The van der Waals surface area contributed by atoms with Crippen molar-refractivity contribution in [2.45, 2.75) is 44.6 Å². The molecule has 1 saturated heterocycles. The molecular formula is C14H20FN. The van der Waals surface area contributed by atoms with E-state index in [2.05, 4.69) is 12.2 Å². The molecule has 0 aromatic heterocycles. The summed E-state index contributed by atoms with van der Waals surface area (Å²) in [7, 11) is 0. The molecular weight excluding hydrogens is 201 g/mol. The van der Waals surface area contributed by atoms with Crippen LogP contribution in [-0.2, 0) is 5.54 Å². The van der Waals surface area contributed by atoms with E-state index >= 15 is 0 Å². The fraction of sp³-hybridized carbons (Fsp3) is 0.571. The summed E-state index contributed by atoms with van der Waals surface area (Å²) in [6.45, 7) is 3.15. The van der Waals surface area contributed by atoms with E-state index in [1.54, 1.807) is 12.1 Å². The summed E-state index contributed by atoms with van der Waals surface area (Å²) in [6.07, 6.45) is 5.65. The fourth-order valence-corrected chi connectivity index (χ4v) is 2.72. The van der Waals surface area contributed by atoms with E-state index < -0.39 is 0 Å². The second kappa shape index (κ2) is 4.96. The second-order valence-electron chi connectivity index (χ2n) is 4.65. The van der Waals surface area contributed by atoms with E-state index in [0.717, 1.165) is 24.9 Å². The van der Waals surface area contributed by atoms with Gasteiger partial charge in [0.1, 0.15) is 5.82 Å². The Morgan fingerprint density at radius 1 is 1.25 bits per heavy atom. The monoisotopic (exact) mass is 221 g/mol. The Hall–Kier alpha value is -0.890. The average molecular weight is 221 g/mol. The van der Waals surface area contributed by atoms with Gasteiger partial charge in [-0.3, -0.25) is 0 Å². The first kappa shape index (κ1) is 11.6. The molecule has 1 fully saturated rings. The Bertz CT molecular complexity index is 340. The number of hydrogen-bond donors (Lipinski definition) is 1. The molecule has 0 aliphatic carbocycles. The highest BCUT2D eigenvalue weighted by molar-refractivity contribution is 5.26. The lowest BCUT2D eigenvalue weighted by Gasteiger charge is -2.33. The highest BCUT2D eigenvalue weighted by Gasteiger charge is 2.32. The number of nitrogens with one attached hydrogen (secondary N) is 1. The lowest BCUT2D eigenvalue weighted by atomic mass is 9.83. The molecule has 0 bridgehead atoms. The third-order valence-corrected chi connectivity index (χ3v) is 3.74. The van der Waals surface area contributed by atoms with Crippen molar-refractivity contribution in [1.82, 2.24) is 5.32 Å². The SMILES string of the molecule is CCC1(c2ccccc2F)CCCCCN1. The largest absolute Gasteiger partial charge is 0.307 e. The molecule has 1 aliphatic heterocycles. The minimum Gasteiger partial charge on any atom is -0.307 e. The lowest BCUT2D eigenvalue weighted by Crippen LogP contribution is -2.41. The smallest absolute Gasteiger partial charge is 0.128 e. The van der Waals surface area contributed by atoms with Crippen LogP contribution in [-0.4, -0.2) is 6.54 Å². The number of halogens is 1. The molecule has 1 heterocycles. The van der Waals surface area contributed by atoms with Crippen molar-refractivity contribution >= 4 is 0 Å². The van der Waals surface area contributed by atoms with Crippen LogP contribution in [0, 0.1) is 5.82 Å². The first-order chi connectivity index (χ1) is 7.78. The normalized spacial score (nSPS) is 26.4. The molecule has 0 spiro atoms. The van der Waals surface area contributed by atoms with Gasteiger partial charge >= 0.3 is 0 Å². The van der Waals surface area contributed by atoms with Crippen LogP contribution in [0.5, 0.6) is 0 Å². The maximum absolute atomic E-state index is 13.9. The van der Waals surface area contributed by atoms with E-state index in [-0.39, 0.29) is 11.4 Å². The lowest BCUT2D eigenvalue weighted by molar-refractivity contribution is 0.301. The molecule has 16 heavy (non-hydrogen) atoms. The third kappa shape index (κ3) is 2.12. The Morgan fingerprint density at radius 3 is 2.81 bits per heavy atom. The van der Waals surface area contributed by atoms with Gasteiger partial charge in [0.25, 0.3) is 0 Å². The Morgan fingerprint density at radius 2 is 2.06 bits per heavy atom. The maximum atomic E-state index is 13.9. The minimum atomic E-state index is -0.137. The zero-order chi connectivity index (χ0) is 11.4. The Balaban J connectivity index is 2.36. The summed E-state index contributed by atoms with van der Waals surface area (Å²) in [5, 5.41) is 3.56. The molecule has 1 aromatic rings. The molecule has 0 saturated carbocycles. The summed E-state index contributed by atoms with van der Waals surface area (Å²) < 4.78 is 13.9. The molecule has 1 aliphatic rings. The second-order valence-corrected chi connectivity index (χ2v) is 4.65. The van der Waals surface area contributed by atoms with Crippen LogP contribution in [0.3, 0.4) is 0 Å². The van der Waals surface area contributed by atoms with Crippen molar-refractivity contribution in [3.8, 4) is 0 Å². The first-order valence-corrected chi connectivity index (χ1v) is 6.28. The number of benzene rings is 1. The molecule has 1 atom stereocenters. The molecule has 1 aromatic carbocycles. The summed E-state index contributed by atoms with van der Waals surface area (Å²) >= 11 is 0. The third-order valence-electron chi connectivity index (χ3n) is 3.74. The van der Waals surface area contributed by atoms with Crippen molar-refractivity contribution in [2.24, 2.45) is 0 Å². The quantitative estimate of drug-likeness (QED) is 0.804. The fourth-order valence-electron chi connectivity index (χ4n) is 2.72. The first-order valence-electron chi connectivity index (χ1n) is 6.28. The topological polar surface area (TPSA) is 12.0 Å². The van der Waals surface area contributed by atoms with Crippen LogP contribution in [0.25, 0.3) is 0 Å². The van der Waals surface area contributed by atoms with E-state index in [4.69, 9.17) is 0 Å². The molecule has 1 unspecified atom stereocenters. The highest BCUT2D eigenvalue weighted by atomic mass is 19.1. The molecule has 1 N–H and O–H groups in total. The van der Waals surface area contributed by atoms with Gasteiger partial charge in [-0.2, -0.15) is 0 Å². The van der Waals surface area contributed by atoms with E-state index in [1.807, 2.05) is 12.1 Å². The highest BCUT2D eigenvalue weighted by Crippen LogP contribution is 2.34. The summed E-state index contributed by atoms with van der Waals surface area (Å²) in [5.41, 5.74) is 0.710. The van der Waals surface area contributed by atoms with Gasteiger partial charge in [-0.25, -0.2) is 4.39 Å². The van der Waals surface area contributed by atoms with Gasteiger partial charge in [0.2, 0.25) is 0 Å². The maximum Gasteiger partial charge on any atom is 0.128 e. The van der Waals surface area contributed by atoms with Crippen LogP contribution in [0.2, 0.25) is 0 Å². The predicted octanol–water partition coefficient (Wildman–Crippen LogP) is 3.59. The Kier molecular flexibility index (Phi) is 3.59. The van der Waals surface area contributed by atoms with Gasteiger partial charge in [0, 0.05) is 11.1 Å². The van der Waals surface area contributed by atoms with Gasteiger partial charge in [-0.05, 0) is 31.9 Å². The van der Waals surface area contributed by atoms with Gasteiger partial charge in [0.05, 0.1) is 0 Å². The molecule has 2 heteroatoms. The predicted molar refractivity (Wildman–Crippen MR) is 64.8 cm³/mol. The van der Waals surface area contributed by atoms with Crippen molar-refractivity contribution in [3.63, 3.8) is 0 Å². The van der Waals surface area contributed by atoms with Gasteiger partial charge in [-0.1, -0.05) is 38.0 Å². The molecule has 88 valence electrons. The van der Waals surface area contributed by atoms with Gasteiger partial charge in [0.15, 0.2) is 0 Å². The van der Waals surface area contributed by atoms with Crippen molar-refractivity contribution < 1.29 is 4.39 Å². The number of hydrogen-bond acceptors (Lipinski definition) is 1. The van der Waals surface area contributed by atoms with Crippen LogP contribution in [0.1, 0.15) is 44.6 Å². The van der Waals surface area contributed by atoms with Crippen LogP contribution in [0.15, 0.2) is 24.3 Å². The van der Waals surface area contributed by atoms with Crippen molar-refractivity contribution in [3.05, 3.63) is 35.6 Å². The van der Waals surface area contributed by atoms with E-state index in [9.17, 15) is 4.39 Å². The molecule has 1 nitrogen and oxygen atoms in total. The average Bonchev–Trinajstić information content (AvgIpc) is 2.56. The molecule has 0 amide bonds. The summed E-state index contributed by atoms with van der Waals surface area (Å²) in [4.78, 5) is 0. The van der Waals surface area contributed by atoms with Crippen molar-refractivity contribution in [1.29, 1.82) is 0 Å². The summed E-state index contributed by atoms with van der Waals surface area (Å²) in [6, 6.07) is 7.19. The van der Waals surface area contributed by atoms with E-state index in [1.165, 1.54) is 19.3 Å². The van der Waals surface area contributed by atoms with Crippen LogP contribution >= 0.6 is 0 Å². The zero-order valence-corrected chi connectivity index (χ0v) is 9.93. The molecule has 0 radical (unpaired) electrons. The van der Waals surface area contributed by atoms with Crippen LogP contribution < -0.4 is 5.32 Å². The zero-order valence-electron chi connectivity index (χ0n) is 9.93. The minimum absolute atomic E-state index is 0.0706. The van der Waals surface area contributed by atoms with E-state index in [0.29, 0.717) is 0 Å². The Labute approximate surface area is 97.1 Å². The standard InChI is InChI=1S/C14H20FN/c1-2-14(10-6-3-7-11-16-14)12-8-4-5-9-13(12)15/h4-5,8-9,16H,2-3,6-7,10-11H2,1H3.